The minimum atomic E-state index is 0.667. The van der Waals surface area contributed by atoms with Crippen LogP contribution < -0.4 is 0 Å². The third-order valence-corrected chi connectivity index (χ3v) is 4.12. The van der Waals surface area contributed by atoms with E-state index in [0.717, 1.165) is 23.7 Å². The second-order valence-electron chi connectivity index (χ2n) is 4.25. The molecular formula is C10H8ClN. The molecule has 1 heterocycles. The minimum Gasteiger partial charge on any atom is -0.244 e. The summed E-state index contributed by atoms with van der Waals surface area (Å²) >= 11 is 5.86. The number of aromatic nitrogens is 1. The van der Waals surface area contributed by atoms with E-state index < -0.39 is 0 Å². The van der Waals surface area contributed by atoms with Crippen LogP contribution >= 0.6 is 11.6 Å². The third-order valence-electron chi connectivity index (χ3n) is 3.91. The summed E-state index contributed by atoms with van der Waals surface area (Å²) in [6, 6.07) is 2.08. The van der Waals surface area contributed by atoms with E-state index in [0.29, 0.717) is 5.15 Å². The summed E-state index contributed by atoms with van der Waals surface area (Å²) in [5.41, 5.74) is 3.01. The van der Waals surface area contributed by atoms with Gasteiger partial charge in [0.15, 0.2) is 0 Å². The highest BCUT2D eigenvalue weighted by molar-refractivity contribution is 6.29. The largest absolute Gasteiger partial charge is 0.244 e. The lowest BCUT2D eigenvalue weighted by Gasteiger charge is -2.25. The Kier molecular flexibility index (Phi) is 0.776. The van der Waals surface area contributed by atoms with Crippen LogP contribution in [0.15, 0.2) is 12.3 Å². The highest BCUT2D eigenvalue weighted by atomic mass is 35.5. The van der Waals surface area contributed by atoms with E-state index in [1.165, 1.54) is 17.5 Å². The van der Waals surface area contributed by atoms with Gasteiger partial charge in [-0.15, -0.1) is 0 Å². The van der Waals surface area contributed by atoms with Gasteiger partial charge in [-0.2, -0.15) is 0 Å². The lowest BCUT2D eigenvalue weighted by molar-refractivity contribution is 0.387. The van der Waals surface area contributed by atoms with Gasteiger partial charge in [-0.25, -0.2) is 4.98 Å². The summed E-state index contributed by atoms with van der Waals surface area (Å²) < 4.78 is 0. The van der Waals surface area contributed by atoms with Gasteiger partial charge in [0.25, 0.3) is 0 Å². The SMILES string of the molecule is Clc1cc2c(cn1)C1CC3C2C13. The number of hydrogen-bond acceptors (Lipinski definition) is 1. The Hall–Kier alpha value is -0.560. The zero-order chi connectivity index (χ0) is 7.87. The van der Waals surface area contributed by atoms with E-state index in [2.05, 4.69) is 11.1 Å². The van der Waals surface area contributed by atoms with Gasteiger partial charge < -0.3 is 0 Å². The Balaban J connectivity index is 2.01. The fourth-order valence-corrected chi connectivity index (χ4v) is 3.50. The molecule has 0 saturated heterocycles. The number of pyridine rings is 1. The third kappa shape index (κ3) is 0.455. The van der Waals surface area contributed by atoms with Crippen LogP contribution in [0.2, 0.25) is 5.15 Å². The first-order chi connectivity index (χ1) is 5.86. The minimum absolute atomic E-state index is 0.667. The maximum absolute atomic E-state index is 5.86. The van der Waals surface area contributed by atoms with E-state index in [9.17, 15) is 0 Å². The topological polar surface area (TPSA) is 12.9 Å². The standard InChI is InChI=1S/C10H8ClN/c11-8-2-5-7(3-12-8)4-1-6-9(4)10(5)6/h2-4,6,9-10H,1H2. The van der Waals surface area contributed by atoms with Crippen LogP contribution in [0, 0.1) is 11.8 Å². The average Bonchev–Trinajstić information content (AvgIpc) is 2.52. The first-order valence-corrected chi connectivity index (χ1v) is 4.89. The molecule has 2 fully saturated rings. The fourth-order valence-electron chi connectivity index (χ4n) is 3.33. The fraction of sp³-hybridized carbons (Fsp3) is 0.500. The molecule has 1 aromatic heterocycles. The molecule has 2 heteroatoms. The Bertz CT molecular complexity index is 387. The lowest BCUT2D eigenvalue weighted by Crippen LogP contribution is -2.14. The maximum atomic E-state index is 5.86. The number of fused-ring (bicyclic) bond motifs is 4. The normalized spacial score (nSPS) is 44.8. The Morgan fingerprint density at radius 3 is 3.25 bits per heavy atom. The highest BCUT2D eigenvalue weighted by Crippen LogP contribution is 2.78. The molecule has 1 nitrogen and oxygen atoms in total. The van der Waals surface area contributed by atoms with Gasteiger partial charge in [0.05, 0.1) is 0 Å². The molecule has 4 atom stereocenters. The van der Waals surface area contributed by atoms with Crippen molar-refractivity contribution < 1.29 is 0 Å². The Labute approximate surface area is 75.8 Å². The van der Waals surface area contributed by atoms with Gasteiger partial charge in [0.1, 0.15) is 5.15 Å². The molecule has 4 rings (SSSR count). The van der Waals surface area contributed by atoms with Crippen molar-refractivity contribution in [1.29, 1.82) is 0 Å². The molecule has 0 radical (unpaired) electrons. The second-order valence-corrected chi connectivity index (χ2v) is 4.63. The average molecular weight is 178 g/mol. The molecule has 0 aliphatic heterocycles. The quantitative estimate of drug-likeness (QED) is 0.555. The van der Waals surface area contributed by atoms with E-state index in [4.69, 9.17) is 11.6 Å². The van der Waals surface area contributed by atoms with Crippen LogP contribution in [-0.2, 0) is 0 Å². The van der Waals surface area contributed by atoms with Crippen molar-refractivity contribution in [2.45, 2.75) is 18.3 Å². The summed E-state index contributed by atoms with van der Waals surface area (Å²) in [4.78, 5) is 4.15. The van der Waals surface area contributed by atoms with E-state index in [1.807, 2.05) is 6.20 Å². The molecule has 60 valence electrons. The molecule has 0 aromatic carbocycles. The summed E-state index contributed by atoms with van der Waals surface area (Å²) in [7, 11) is 0. The number of halogens is 1. The van der Waals surface area contributed by atoms with Crippen molar-refractivity contribution in [1.82, 2.24) is 4.98 Å². The van der Waals surface area contributed by atoms with Crippen molar-refractivity contribution in [2.75, 3.05) is 0 Å². The zero-order valence-electron chi connectivity index (χ0n) is 6.50. The van der Waals surface area contributed by atoms with Crippen molar-refractivity contribution >= 4 is 11.6 Å². The van der Waals surface area contributed by atoms with Gasteiger partial charge in [-0.05, 0) is 47.3 Å². The lowest BCUT2D eigenvalue weighted by atomic mass is 9.79. The monoisotopic (exact) mass is 177 g/mol. The van der Waals surface area contributed by atoms with Crippen LogP contribution in [0.3, 0.4) is 0 Å². The first-order valence-electron chi connectivity index (χ1n) is 4.51. The summed E-state index contributed by atoms with van der Waals surface area (Å²) in [6.07, 6.45) is 3.41. The van der Waals surface area contributed by atoms with E-state index >= 15 is 0 Å². The molecule has 4 unspecified atom stereocenters. The van der Waals surface area contributed by atoms with Crippen LogP contribution in [0.4, 0.5) is 0 Å². The second kappa shape index (κ2) is 1.56. The smallest absolute Gasteiger partial charge is 0.129 e. The van der Waals surface area contributed by atoms with Gasteiger partial charge in [0.2, 0.25) is 0 Å². The molecule has 1 aromatic rings. The molecule has 0 spiro atoms. The predicted molar refractivity (Wildman–Crippen MR) is 46.3 cm³/mol. The first kappa shape index (κ1) is 5.98. The van der Waals surface area contributed by atoms with Crippen molar-refractivity contribution in [3.05, 3.63) is 28.5 Å². The van der Waals surface area contributed by atoms with Gasteiger partial charge in [-0.3, -0.25) is 0 Å². The number of hydrogen-bond donors (Lipinski definition) is 0. The molecule has 12 heavy (non-hydrogen) atoms. The molecule has 0 bridgehead atoms. The van der Waals surface area contributed by atoms with Gasteiger partial charge in [-0.1, -0.05) is 11.6 Å². The van der Waals surface area contributed by atoms with Crippen molar-refractivity contribution in [2.24, 2.45) is 11.8 Å². The number of rotatable bonds is 0. The Morgan fingerprint density at radius 1 is 1.42 bits per heavy atom. The molecule has 0 N–H and O–H groups in total. The van der Waals surface area contributed by atoms with Crippen LogP contribution in [0.5, 0.6) is 0 Å². The molecule has 0 amide bonds. The summed E-state index contributed by atoms with van der Waals surface area (Å²) in [6.45, 7) is 0. The zero-order valence-corrected chi connectivity index (χ0v) is 7.25. The Morgan fingerprint density at radius 2 is 2.33 bits per heavy atom. The van der Waals surface area contributed by atoms with E-state index in [-0.39, 0.29) is 0 Å². The molecular weight excluding hydrogens is 170 g/mol. The molecule has 2 saturated carbocycles. The number of nitrogens with zero attached hydrogens (tertiary/aromatic N) is 1. The van der Waals surface area contributed by atoms with Crippen LogP contribution in [0.25, 0.3) is 0 Å². The maximum Gasteiger partial charge on any atom is 0.129 e. The van der Waals surface area contributed by atoms with Gasteiger partial charge >= 0.3 is 0 Å². The predicted octanol–water partition coefficient (Wildman–Crippen LogP) is 2.57. The summed E-state index contributed by atoms with van der Waals surface area (Å²) in [5.74, 6) is 3.77. The van der Waals surface area contributed by atoms with Crippen LogP contribution in [-0.4, -0.2) is 4.98 Å². The highest BCUT2D eigenvalue weighted by Gasteiger charge is 2.68. The van der Waals surface area contributed by atoms with Crippen molar-refractivity contribution in [3.8, 4) is 0 Å². The molecule has 3 aliphatic rings. The van der Waals surface area contributed by atoms with Crippen molar-refractivity contribution in [3.63, 3.8) is 0 Å². The van der Waals surface area contributed by atoms with E-state index in [1.54, 1.807) is 0 Å². The van der Waals surface area contributed by atoms with Crippen LogP contribution in [0.1, 0.15) is 29.4 Å². The molecule has 3 aliphatic carbocycles. The summed E-state index contributed by atoms with van der Waals surface area (Å²) in [5, 5.41) is 0.667. The van der Waals surface area contributed by atoms with Gasteiger partial charge in [0, 0.05) is 6.20 Å².